The van der Waals surface area contributed by atoms with Gasteiger partial charge >= 0.3 is 0 Å². The van der Waals surface area contributed by atoms with E-state index in [0.29, 0.717) is 10.6 Å². The van der Waals surface area contributed by atoms with Crippen LogP contribution in [0.5, 0.6) is 0 Å². The number of nitro groups is 1. The zero-order valence-electron chi connectivity index (χ0n) is 9.42. The third kappa shape index (κ3) is 2.96. The Balaban J connectivity index is 2.43. The summed E-state index contributed by atoms with van der Waals surface area (Å²) in [5.74, 6) is 0. The molecule has 18 heavy (non-hydrogen) atoms. The van der Waals surface area contributed by atoms with Gasteiger partial charge < -0.3 is 0 Å². The van der Waals surface area contributed by atoms with Gasteiger partial charge in [-0.25, -0.2) is 0 Å². The normalized spacial score (nSPS) is 11.3. The molecule has 3 nitrogen and oxygen atoms in total. The van der Waals surface area contributed by atoms with Crippen molar-refractivity contribution in [2.75, 3.05) is 0 Å². The molecular weight excluding hydrogens is 250 g/mol. The highest BCUT2D eigenvalue weighted by Gasteiger charge is 2.13. The van der Waals surface area contributed by atoms with Crippen LogP contribution in [0, 0.1) is 10.1 Å². The molecule has 0 aliphatic heterocycles. The average Bonchev–Trinajstić information content (AvgIpc) is 2.38. The van der Waals surface area contributed by atoms with E-state index in [0.717, 1.165) is 5.56 Å². The van der Waals surface area contributed by atoms with Crippen molar-refractivity contribution >= 4 is 23.4 Å². The first-order chi connectivity index (χ1) is 8.66. The quantitative estimate of drug-likeness (QED) is 0.473. The topological polar surface area (TPSA) is 43.1 Å². The highest BCUT2D eigenvalue weighted by molar-refractivity contribution is 6.30. The lowest BCUT2D eigenvalue weighted by atomic mass is 10.1. The summed E-state index contributed by atoms with van der Waals surface area (Å²) in [7, 11) is 0. The Morgan fingerprint density at radius 1 is 1.06 bits per heavy atom. The van der Waals surface area contributed by atoms with E-state index < -0.39 is 0 Å². The summed E-state index contributed by atoms with van der Waals surface area (Å²) < 4.78 is 0. The van der Waals surface area contributed by atoms with Gasteiger partial charge in [0.2, 0.25) is 0 Å². The third-order valence-corrected chi connectivity index (χ3v) is 2.69. The molecule has 90 valence electrons. The second-order valence-corrected chi connectivity index (χ2v) is 4.14. The lowest BCUT2D eigenvalue weighted by Gasteiger charge is -1.99. The summed E-state index contributed by atoms with van der Waals surface area (Å²) in [6, 6.07) is 15.7. The van der Waals surface area contributed by atoms with Crippen LogP contribution in [0.4, 0.5) is 0 Å². The molecule has 0 bridgehead atoms. The van der Waals surface area contributed by atoms with Gasteiger partial charge in [-0.15, -0.1) is 0 Å². The molecule has 0 amide bonds. The Kier molecular flexibility index (Phi) is 3.75. The molecule has 0 atom stereocenters. The smallest absolute Gasteiger partial charge is 0.258 e. The van der Waals surface area contributed by atoms with Gasteiger partial charge in [-0.05, 0) is 29.8 Å². The van der Waals surface area contributed by atoms with E-state index in [1.165, 1.54) is 6.08 Å². The number of rotatable bonds is 3. The maximum Gasteiger partial charge on any atom is 0.277 e. The second kappa shape index (κ2) is 5.47. The van der Waals surface area contributed by atoms with Gasteiger partial charge in [-0.3, -0.25) is 10.1 Å². The van der Waals surface area contributed by atoms with E-state index in [2.05, 4.69) is 0 Å². The summed E-state index contributed by atoms with van der Waals surface area (Å²) in [5, 5.41) is 11.7. The molecule has 0 aromatic heterocycles. The van der Waals surface area contributed by atoms with E-state index in [1.807, 2.05) is 6.07 Å². The molecule has 2 rings (SSSR count). The zero-order valence-corrected chi connectivity index (χ0v) is 10.2. The highest BCUT2D eigenvalue weighted by atomic mass is 35.5. The molecule has 2 aromatic rings. The van der Waals surface area contributed by atoms with E-state index in [-0.39, 0.29) is 10.6 Å². The van der Waals surface area contributed by atoms with Gasteiger partial charge in [-0.2, -0.15) is 0 Å². The SMILES string of the molecule is O=[N+]([O-])/C(=C/c1ccc(Cl)cc1)c1ccccc1. The van der Waals surface area contributed by atoms with Crippen LogP contribution in [-0.4, -0.2) is 4.92 Å². The maximum absolute atomic E-state index is 11.1. The van der Waals surface area contributed by atoms with Gasteiger partial charge in [0, 0.05) is 11.1 Å². The van der Waals surface area contributed by atoms with Crippen molar-refractivity contribution in [3.05, 3.63) is 80.9 Å². The first-order valence-electron chi connectivity index (χ1n) is 5.34. The lowest BCUT2D eigenvalue weighted by Crippen LogP contribution is -1.97. The van der Waals surface area contributed by atoms with Gasteiger partial charge in [0.15, 0.2) is 0 Å². The summed E-state index contributed by atoms with van der Waals surface area (Å²) in [6.45, 7) is 0. The van der Waals surface area contributed by atoms with Crippen LogP contribution in [0.25, 0.3) is 11.8 Å². The predicted molar refractivity (Wildman–Crippen MR) is 72.8 cm³/mol. The Hall–Kier alpha value is -2.13. The molecule has 0 aliphatic rings. The van der Waals surface area contributed by atoms with E-state index in [9.17, 15) is 10.1 Å². The number of benzene rings is 2. The van der Waals surface area contributed by atoms with E-state index >= 15 is 0 Å². The molecular formula is C14H10ClNO2. The van der Waals surface area contributed by atoms with Crippen molar-refractivity contribution in [3.8, 4) is 0 Å². The minimum Gasteiger partial charge on any atom is -0.258 e. The van der Waals surface area contributed by atoms with Crippen molar-refractivity contribution < 1.29 is 4.92 Å². The molecule has 0 radical (unpaired) electrons. The minimum absolute atomic E-state index is 0.0675. The largest absolute Gasteiger partial charge is 0.277 e. The number of nitrogens with zero attached hydrogens (tertiary/aromatic N) is 1. The molecule has 0 unspecified atom stereocenters. The molecule has 0 saturated carbocycles. The first kappa shape index (κ1) is 12.3. The van der Waals surface area contributed by atoms with E-state index in [1.54, 1.807) is 48.5 Å². The number of hydrogen-bond donors (Lipinski definition) is 0. The molecule has 0 saturated heterocycles. The van der Waals surface area contributed by atoms with Gasteiger partial charge in [0.05, 0.1) is 10.5 Å². The van der Waals surface area contributed by atoms with Crippen LogP contribution in [-0.2, 0) is 0 Å². The number of hydrogen-bond acceptors (Lipinski definition) is 2. The van der Waals surface area contributed by atoms with E-state index in [4.69, 9.17) is 11.6 Å². The minimum atomic E-state index is -0.385. The standard InChI is InChI=1S/C14H10ClNO2/c15-13-8-6-11(7-9-13)10-14(16(17)18)12-4-2-1-3-5-12/h1-10H/b14-10+. The van der Waals surface area contributed by atoms with Crippen molar-refractivity contribution in [1.82, 2.24) is 0 Å². The molecule has 0 aliphatic carbocycles. The fraction of sp³-hybridized carbons (Fsp3) is 0. The summed E-state index contributed by atoms with van der Waals surface area (Å²) >= 11 is 5.77. The van der Waals surface area contributed by atoms with Gasteiger partial charge in [0.1, 0.15) is 0 Å². The summed E-state index contributed by atoms with van der Waals surface area (Å²) in [4.78, 5) is 10.7. The first-order valence-corrected chi connectivity index (χ1v) is 5.72. The van der Waals surface area contributed by atoms with Gasteiger partial charge in [0.25, 0.3) is 5.70 Å². The van der Waals surface area contributed by atoms with Crippen LogP contribution in [0.15, 0.2) is 54.6 Å². The van der Waals surface area contributed by atoms with Crippen molar-refractivity contribution in [3.63, 3.8) is 0 Å². The molecule has 4 heteroatoms. The predicted octanol–water partition coefficient (Wildman–Crippen LogP) is 4.11. The zero-order chi connectivity index (χ0) is 13.0. The number of halogens is 1. The van der Waals surface area contributed by atoms with Crippen LogP contribution in [0.1, 0.15) is 11.1 Å². The summed E-state index contributed by atoms with van der Waals surface area (Å²) in [5.41, 5.74) is 1.39. The van der Waals surface area contributed by atoms with Crippen LogP contribution < -0.4 is 0 Å². The second-order valence-electron chi connectivity index (χ2n) is 3.70. The summed E-state index contributed by atoms with van der Waals surface area (Å²) in [6.07, 6.45) is 1.53. The van der Waals surface area contributed by atoms with Crippen LogP contribution >= 0.6 is 11.6 Å². The van der Waals surface area contributed by atoms with Gasteiger partial charge in [-0.1, -0.05) is 41.9 Å². The van der Waals surface area contributed by atoms with Crippen molar-refractivity contribution in [2.45, 2.75) is 0 Å². The highest BCUT2D eigenvalue weighted by Crippen LogP contribution is 2.19. The van der Waals surface area contributed by atoms with Crippen LogP contribution in [0.2, 0.25) is 5.02 Å². The monoisotopic (exact) mass is 259 g/mol. The Labute approximate surface area is 109 Å². The maximum atomic E-state index is 11.1. The average molecular weight is 260 g/mol. The van der Waals surface area contributed by atoms with Crippen LogP contribution in [0.3, 0.4) is 0 Å². The molecule has 0 heterocycles. The Bertz CT molecular complexity index is 577. The molecule has 0 spiro atoms. The Morgan fingerprint density at radius 3 is 2.22 bits per heavy atom. The fourth-order valence-electron chi connectivity index (χ4n) is 1.57. The Morgan fingerprint density at radius 2 is 1.67 bits per heavy atom. The lowest BCUT2D eigenvalue weighted by molar-refractivity contribution is -0.374. The third-order valence-electron chi connectivity index (χ3n) is 2.44. The molecule has 2 aromatic carbocycles. The van der Waals surface area contributed by atoms with Crippen molar-refractivity contribution in [2.24, 2.45) is 0 Å². The molecule has 0 fully saturated rings. The fourth-order valence-corrected chi connectivity index (χ4v) is 1.69. The molecule has 0 N–H and O–H groups in total. The van der Waals surface area contributed by atoms with Crippen molar-refractivity contribution in [1.29, 1.82) is 0 Å².